The first-order valence-electron chi connectivity index (χ1n) is 6.99. The van der Waals surface area contributed by atoms with Crippen LogP contribution in [0.3, 0.4) is 0 Å². The van der Waals surface area contributed by atoms with Gasteiger partial charge in [-0.25, -0.2) is 0 Å². The van der Waals surface area contributed by atoms with Crippen molar-refractivity contribution in [2.45, 2.75) is 17.4 Å². The van der Waals surface area contributed by atoms with Crippen molar-refractivity contribution in [3.63, 3.8) is 0 Å². The Morgan fingerprint density at radius 3 is 2.48 bits per heavy atom. The van der Waals surface area contributed by atoms with Crippen molar-refractivity contribution in [1.82, 2.24) is 10.2 Å². The van der Waals surface area contributed by atoms with Crippen molar-refractivity contribution in [3.8, 4) is 11.5 Å². The molecule has 3 aromatic rings. The molecule has 0 aliphatic rings. The smallest absolute Gasteiger partial charge is 0.277 e. The summed E-state index contributed by atoms with van der Waals surface area (Å²) in [6.07, 6.45) is 0. The van der Waals surface area contributed by atoms with Crippen molar-refractivity contribution in [2.24, 2.45) is 0 Å². The van der Waals surface area contributed by atoms with Gasteiger partial charge in [0.2, 0.25) is 5.89 Å². The van der Waals surface area contributed by atoms with Crippen LogP contribution in [-0.2, 0) is 0 Å². The first kappa shape index (κ1) is 15.8. The van der Waals surface area contributed by atoms with Crippen molar-refractivity contribution in [3.05, 3.63) is 65.2 Å². The molecule has 1 aromatic heterocycles. The molecule has 6 heteroatoms. The number of hydrogen-bond donors (Lipinski definition) is 0. The van der Waals surface area contributed by atoms with Gasteiger partial charge in [0, 0.05) is 16.1 Å². The SMILES string of the molecule is C[C@@H](Sc1nnc(-c2ccc(Cl)cc2)o1)C(=O)c1ccccc1. The molecule has 116 valence electrons. The van der Waals surface area contributed by atoms with Crippen molar-refractivity contribution < 1.29 is 9.21 Å². The molecule has 0 saturated heterocycles. The minimum absolute atomic E-state index is 0.0295. The highest BCUT2D eigenvalue weighted by Crippen LogP contribution is 2.28. The second-order valence-electron chi connectivity index (χ2n) is 4.87. The molecule has 1 atom stereocenters. The summed E-state index contributed by atoms with van der Waals surface area (Å²) < 4.78 is 5.61. The van der Waals surface area contributed by atoms with Gasteiger partial charge in [-0.05, 0) is 31.2 Å². The molecule has 23 heavy (non-hydrogen) atoms. The van der Waals surface area contributed by atoms with E-state index in [1.165, 1.54) is 11.8 Å². The number of aromatic nitrogens is 2. The molecule has 0 amide bonds. The lowest BCUT2D eigenvalue weighted by Gasteiger charge is -2.06. The van der Waals surface area contributed by atoms with Gasteiger partial charge in [0.25, 0.3) is 5.22 Å². The van der Waals surface area contributed by atoms with Gasteiger partial charge < -0.3 is 4.42 Å². The fourth-order valence-electron chi connectivity index (χ4n) is 2.01. The monoisotopic (exact) mass is 344 g/mol. The molecule has 0 saturated carbocycles. The quantitative estimate of drug-likeness (QED) is 0.493. The molecule has 0 radical (unpaired) electrons. The Bertz CT molecular complexity index is 803. The molecule has 2 aromatic carbocycles. The predicted molar refractivity (Wildman–Crippen MR) is 90.8 cm³/mol. The summed E-state index contributed by atoms with van der Waals surface area (Å²) in [7, 11) is 0. The van der Waals surface area contributed by atoms with Gasteiger partial charge >= 0.3 is 0 Å². The third-order valence-electron chi connectivity index (χ3n) is 3.20. The van der Waals surface area contributed by atoms with Gasteiger partial charge in [-0.2, -0.15) is 0 Å². The molecule has 0 spiro atoms. The van der Waals surface area contributed by atoms with E-state index < -0.39 is 0 Å². The Morgan fingerprint density at radius 2 is 1.78 bits per heavy atom. The van der Waals surface area contributed by atoms with Crippen LogP contribution in [0.25, 0.3) is 11.5 Å². The highest BCUT2D eigenvalue weighted by molar-refractivity contribution is 8.00. The number of halogens is 1. The average molecular weight is 345 g/mol. The van der Waals surface area contributed by atoms with E-state index in [0.717, 1.165) is 5.56 Å². The van der Waals surface area contributed by atoms with Gasteiger partial charge in [-0.1, -0.05) is 53.7 Å². The van der Waals surface area contributed by atoms with E-state index in [9.17, 15) is 4.79 Å². The fourth-order valence-corrected chi connectivity index (χ4v) is 2.89. The number of carbonyl (C=O) groups excluding carboxylic acids is 1. The van der Waals surface area contributed by atoms with Gasteiger partial charge in [0.15, 0.2) is 5.78 Å². The van der Waals surface area contributed by atoms with Crippen LogP contribution in [0, 0.1) is 0 Å². The molecule has 0 N–H and O–H groups in total. The van der Waals surface area contributed by atoms with Crippen LogP contribution < -0.4 is 0 Å². The summed E-state index contributed by atoms with van der Waals surface area (Å²) in [6, 6.07) is 16.3. The largest absolute Gasteiger partial charge is 0.411 e. The van der Waals surface area contributed by atoms with E-state index in [4.69, 9.17) is 16.0 Å². The van der Waals surface area contributed by atoms with Crippen molar-refractivity contribution >= 4 is 29.1 Å². The lowest BCUT2D eigenvalue weighted by Crippen LogP contribution is -2.13. The van der Waals surface area contributed by atoms with Gasteiger partial charge in [0.1, 0.15) is 0 Å². The molecule has 0 fully saturated rings. The third kappa shape index (κ3) is 3.81. The van der Waals surface area contributed by atoms with E-state index in [0.29, 0.717) is 21.7 Å². The van der Waals surface area contributed by atoms with Crippen molar-refractivity contribution in [2.75, 3.05) is 0 Å². The highest BCUT2D eigenvalue weighted by atomic mass is 35.5. The summed E-state index contributed by atoms with van der Waals surface area (Å²) in [5.41, 5.74) is 1.46. The summed E-state index contributed by atoms with van der Waals surface area (Å²) in [6.45, 7) is 1.83. The number of Topliss-reactive ketones (excluding diaryl/α,β-unsaturated/α-hetero) is 1. The molecule has 0 aliphatic carbocycles. The summed E-state index contributed by atoms with van der Waals surface area (Å²) in [5.74, 6) is 0.436. The minimum Gasteiger partial charge on any atom is -0.411 e. The maximum Gasteiger partial charge on any atom is 0.277 e. The summed E-state index contributed by atoms with van der Waals surface area (Å²) in [4.78, 5) is 12.3. The second kappa shape index (κ2) is 6.98. The summed E-state index contributed by atoms with van der Waals surface area (Å²) in [5, 5.41) is 8.70. The van der Waals surface area contributed by atoms with Crippen LogP contribution in [0.1, 0.15) is 17.3 Å². The fraction of sp³-hybridized carbons (Fsp3) is 0.118. The molecule has 0 unspecified atom stereocenters. The summed E-state index contributed by atoms with van der Waals surface area (Å²) >= 11 is 7.11. The van der Waals surface area contributed by atoms with Crippen LogP contribution in [0.5, 0.6) is 0 Å². The first-order valence-corrected chi connectivity index (χ1v) is 8.24. The molecule has 0 aliphatic heterocycles. The van der Waals surface area contributed by atoms with E-state index in [1.807, 2.05) is 37.3 Å². The second-order valence-corrected chi connectivity index (χ2v) is 6.60. The Morgan fingerprint density at radius 1 is 1.09 bits per heavy atom. The highest BCUT2D eigenvalue weighted by Gasteiger charge is 2.19. The number of benzene rings is 2. The zero-order chi connectivity index (χ0) is 16.2. The van der Waals surface area contributed by atoms with Crippen LogP contribution in [0.2, 0.25) is 5.02 Å². The van der Waals surface area contributed by atoms with Gasteiger partial charge in [-0.15, -0.1) is 10.2 Å². The third-order valence-corrected chi connectivity index (χ3v) is 4.39. The Balaban J connectivity index is 1.71. The van der Waals surface area contributed by atoms with Gasteiger partial charge in [-0.3, -0.25) is 4.79 Å². The number of nitrogens with zero attached hydrogens (tertiary/aromatic N) is 2. The number of rotatable bonds is 5. The van der Waals surface area contributed by atoms with E-state index in [1.54, 1.807) is 24.3 Å². The zero-order valence-electron chi connectivity index (χ0n) is 12.3. The number of hydrogen-bond acceptors (Lipinski definition) is 5. The average Bonchev–Trinajstić information content (AvgIpc) is 3.04. The normalized spacial score (nSPS) is 12.1. The Labute approximate surface area is 142 Å². The Kier molecular flexibility index (Phi) is 4.79. The number of carbonyl (C=O) groups is 1. The molecule has 1 heterocycles. The van der Waals surface area contributed by atoms with Crippen molar-refractivity contribution in [1.29, 1.82) is 0 Å². The maximum absolute atomic E-state index is 12.3. The van der Waals surface area contributed by atoms with E-state index in [-0.39, 0.29) is 11.0 Å². The molecule has 4 nitrogen and oxygen atoms in total. The van der Waals surface area contributed by atoms with Crippen LogP contribution in [-0.4, -0.2) is 21.2 Å². The zero-order valence-corrected chi connectivity index (χ0v) is 13.8. The maximum atomic E-state index is 12.3. The Hall–Kier alpha value is -2.11. The first-order chi connectivity index (χ1) is 11.1. The standard InChI is InChI=1S/C17H13ClN2O2S/c1-11(15(21)12-5-3-2-4-6-12)23-17-20-19-16(22-17)13-7-9-14(18)10-8-13/h2-11H,1H3/t11-/m1/s1. The number of ketones is 1. The molecular formula is C17H13ClN2O2S. The van der Waals surface area contributed by atoms with E-state index >= 15 is 0 Å². The van der Waals surface area contributed by atoms with Crippen LogP contribution in [0.4, 0.5) is 0 Å². The minimum atomic E-state index is -0.309. The predicted octanol–water partition coefficient (Wildman–Crippen LogP) is 4.75. The molecule has 3 rings (SSSR count). The topological polar surface area (TPSA) is 56.0 Å². The van der Waals surface area contributed by atoms with Gasteiger partial charge in [0.05, 0.1) is 5.25 Å². The lowest BCUT2D eigenvalue weighted by molar-refractivity contribution is 0.0993. The van der Waals surface area contributed by atoms with Crippen LogP contribution in [0.15, 0.2) is 64.2 Å². The lowest BCUT2D eigenvalue weighted by atomic mass is 10.1. The van der Waals surface area contributed by atoms with E-state index in [2.05, 4.69) is 10.2 Å². The molecule has 0 bridgehead atoms. The van der Waals surface area contributed by atoms with Crippen LogP contribution >= 0.6 is 23.4 Å². The molecular weight excluding hydrogens is 332 g/mol. The number of thioether (sulfide) groups is 1.